The lowest BCUT2D eigenvalue weighted by atomic mass is 10.1. The first-order valence-corrected chi connectivity index (χ1v) is 9.71. The zero-order valence-electron chi connectivity index (χ0n) is 14.5. The monoisotopic (exact) mass is 418 g/mol. The van der Waals surface area contributed by atoms with Crippen LogP contribution >= 0.6 is 22.9 Å². The van der Waals surface area contributed by atoms with E-state index in [1.54, 1.807) is 4.90 Å². The molecule has 1 aliphatic rings. The van der Waals surface area contributed by atoms with Crippen molar-refractivity contribution in [2.45, 2.75) is 25.9 Å². The van der Waals surface area contributed by atoms with Crippen molar-refractivity contribution in [2.75, 3.05) is 19.6 Å². The van der Waals surface area contributed by atoms with Crippen molar-refractivity contribution in [3.63, 3.8) is 0 Å². The minimum Gasteiger partial charge on any atom is -0.351 e. The summed E-state index contributed by atoms with van der Waals surface area (Å²) < 4.78 is 38.9. The largest absolute Gasteiger partial charge is 0.416 e. The van der Waals surface area contributed by atoms with Crippen LogP contribution in [0.15, 0.2) is 18.2 Å². The zero-order valence-corrected chi connectivity index (χ0v) is 16.1. The molecule has 0 radical (unpaired) electrons. The molecule has 1 fully saturated rings. The second kappa shape index (κ2) is 7.67. The van der Waals surface area contributed by atoms with Gasteiger partial charge in [0.1, 0.15) is 4.88 Å². The van der Waals surface area contributed by atoms with Crippen molar-refractivity contribution in [1.82, 2.24) is 10.2 Å². The van der Waals surface area contributed by atoms with E-state index in [-0.39, 0.29) is 21.7 Å². The predicted molar refractivity (Wildman–Crippen MR) is 99.1 cm³/mol. The summed E-state index contributed by atoms with van der Waals surface area (Å²) in [6.07, 6.45) is -3.03. The Balaban J connectivity index is 1.68. The lowest BCUT2D eigenvalue weighted by Crippen LogP contribution is -2.36. The maximum Gasteiger partial charge on any atom is 0.416 e. The second-order valence-electron chi connectivity index (χ2n) is 6.71. The molecule has 4 nitrogen and oxygen atoms in total. The number of fused-ring (bicyclic) bond motifs is 1. The normalized spacial score (nSPS) is 16.2. The summed E-state index contributed by atoms with van der Waals surface area (Å²) in [4.78, 5) is 26.1. The Labute approximate surface area is 163 Å². The number of nitrogens with one attached hydrogen (secondary N) is 1. The van der Waals surface area contributed by atoms with Gasteiger partial charge >= 0.3 is 6.18 Å². The quantitative estimate of drug-likeness (QED) is 0.773. The van der Waals surface area contributed by atoms with Crippen LogP contribution in [0.4, 0.5) is 13.2 Å². The average Bonchev–Trinajstić information content (AvgIpc) is 3.15. The molecular formula is C18H18ClF3N2O2S. The number of hydrogen-bond acceptors (Lipinski definition) is 3. The third-order valence-corrected chi connectivity index (χ3v) is 6.13. The third kappa shape index (κ3) is 4.38. The Morgan fingerprint density at radius 3 is 2.78 bits per heavy atom. The van der Waals surface area contributed by atoms with E-state index in [1.165, 1.54) is 6.07 Å². The van der Waals surface area contributed by atoms with Crippen molar-refractivity contribution in [3.8, 4) is 0 Å². The molecule has 9 heteroatoms. The zero-order chi connectivity index (χ0) is 19.8. The number of hydrogen-bond donors (Lipinski definition) is 1. The van der Waals surface area contributed by atoms with Gasteiger partial charge in [0.05, 0.1) is 10.6 Å². The molecule has 0 bridgehead atoms. The summed E-state index contributed by atoms with van der Waals surface area (Å²) in [7, 11) is 0. The van der Waals surface area contributed by atoms with Crippen LogP contribution in [-0.4, -0.2) is 36.3 Å². The van der Waals surface area contributed by atoms with E-state index in [0.717, 1.165) is 36.4 Å². The van der Waals surface area contributed by atoms with Crippen molar-refractivity contribution in [2.24, 2.45) is 5.92 Å². The van der Waals surface area contributed by atoms with Crippen molar-refractivity contribution < 1.29 is 22.8 Å². The molecule has 0 unspecified atom stereocenters. The van der Waals surface area contributed by atoms with Crippen LogP contribution in [0.1, 0.15) is 35.0 Å². The van der Waals surface area contributed by atoms with E-state index in [9.17, 15) is 22.8 Å². The molecule has 1 atom stereocenters. The number of halogens is 4. The fourth-order valence-corrected chi connectivity index (χ4v) is 4.55. The molecule has 1 saturated heterocycles. The topological polar surface area (TPSA) is 49.4 Å². The average molecular weight is 419 g/mol. The molecule has 0 saturated carbocycles. The SMILES string of the molecule is C[C@H](CNC(=O)c1sc2cc(C(F)(F)F)ccc2c1Cl)CN1CCCC1=O. The number of alkyl halides is 3. The van der Waals surface area contributed by atoms with Crippen LogP contribution in [0.2, 0.25) is 5.02 Å². The number of carbonyl (C=O) groups excluding carboxylic acids is 2. The van der Waals surface area contributed by atoms with Gasteiger partial charge < -0.3 is 10.2 Å². The fourth-order valence-electron chi connectivity index (χ4n) is 3.07. The third-order valence-electron chi connectivity index (χ3n) is 4.48. The molecule has 1 aromatic heterocycles. The van der Waals surface area contributed by atoms with Crippen molar-refractivity contribution in [1.29, 1.82) is 0 Å². The molecule has 1 N–H and O–H groups in total. The Hall–Kier alpha value is -1.80. The van der Waals surface area contributed by atoms with Crippen molar-refractivity contribution >= 4 is 44.8 Å². The summed E-state index contributed by atoms with van der Waals surface area (Å²) in [6, 6.07) is 3.25. The number of thiophene rings is 1. The summed E-state index contributed by atoms with van der Waals surface area (Å²) >= 11 is 7.14. The molecule has 0 spiro atoms. The number of amides is 2. The van der Waals surface area contributed by atoms with E-state index in [1.807, 2.05) is 6.92 Å². The molecule has 2 aromatic rings. The highest BCUT2D eigenvalue weighted by atomic mass is 35.5. The van der Waals surface area contributed by atoms with E-state index >= 15 is 0 Å². The number of carbonyl (C=O) groups is 2. The first-order valence-electron chi connectivity index (χ1n) is 8.52. The number of nitrogens with zero attached hydrogens (tertiary/aromatic N) is 1. The van der Waals surface area contributed by atoms with Gasteiger partial charge in [0.15, 0.2) is 0 Å². The van der Waals surface area contributed by atoms with E-state index in [0.29, 0.717) is 29.6 Å². The number of likely N-dealkylation sites (tertiary alicyclic amines) is 1. The summed E-state index contributed by atoms with van der Waals surface area (Å²) in [6.45, 7) is 3.57. The van der Waals surface area contributed by atoms with Crippen LogP contribution in [0.3, 0.4) is 0 Å². The van der Waals surface area contributed by atoms with Crippen LogP contribution in [0, 0.1) is 5.92 Å². The van der Waals surface area contributed by atoms with Gasteiger partial charge in [-0.15, -0.1) is 11.3 Å². The van der Waals surface area contributed by atoms with Crippen molar-refractivity contribution in [3.05, 3.63) is 33.7 Å². The second-order valence-corrected chi connectivity index (χ2v) is 8.14. The highest BCUT2D eigenvalue weighted by Gasteiger charge is 2.31. The van der Waals surface area contributed by atoms with Gasteiger partial charge in [-0.3, -0.25) is 9.59 Å². The highest BCUT2D eigenvalue weighted by molar-refractivity contribution is 7.21. The molecule has 1 aliphatic heterocycles. The lowest BCUT2D eigenvalue weighted by Gasteiger charge is -2.20. The molecule has 27 heavy (non-hydrogen) atoms. The minimum absolute atomic E-state index is 0.0565. The van der Waals surface area contributed by atoms with Gasteiger partial charge in [-0.2, -0.15) is 13.2 Å². The van der Waals surface area contributed by atoms with Gasteiger partial charge in [0, 0.05) is 36.1 Å². The molecule has 1 aromatic carbocycles. The fraction of sp³-hybridized carbons (Fsp3) is 0.444. The van der Waals surface area contributed by atoms with E-state index < -0.39 is 17.6 Å². The van der Waals surface area contributed by atoms with Gasteiger partial charge in [0.2, 0.25) is 5.91 Å². The predicted octanol–water partition coefficient (Wildman–Crippen LogP) is 4.56. The standard InChI is InChI=1S/C18H18ClF3N2O2S/c1-10(9-24-6-2-3-14(24)25)8-23-17(26)16-15(19)12-5-4-11(18(20,21)22)7-13(12)27-16/h4-5,7,10H,2-3,6,8-9H2,1H3,(H,23,26)/t10-/m1/s1. The van der Waals surface area contributed by atoms with Gasteiger partial charge in [0.25, 0.3) is 5.91 Å². The Morgan fingerprint density at radius 1 is 1.41 bits per heavy atom. The molecule has 0 aliphatic carbocycles. The maximum atomic E-state index is 12.9. The lowest BCUT2D eigenvalue weighted by molar-refractivity contribution is -0.137. The van der Waals surface area contributed by atoms with Crippen LogP contribution in [0.25, 0.3) is 10.1 Å². The Kier molecular flexibility index (Phi) is 5.67. The molecule has 146 valence electrons. The Bertz CT molecular complexity index is 881. The molecule has 2 amide bonds. The van der Waals surface area contributed by atoms with Crippen LogP contribution in [-0.2, 0) is 11.0 Å². The summed E-state index contributed by atoms with van der Waals surface area (Å²) in [5.74, 6) is -0.239. The van der Waals surface area contributed by atoms with Crippen LogP contribution in [0.5, 0.6) is 0 Å². The molecule has 2 heterocycles. The molecular weight excluding hydrogens is 401 g/mol. The minimum atomic E-state index is -4.45. The smallest absolute Gasteiger partial charge is 0.351 e. The van der Waals surface area contributed by atoms with E-state index in [4.69, 9.17) is 11.6 Å². The number of rotatable bonds is 5. The summed E-state index contributed by atoms with van der Waals surface area (Å²) in [5, 5.41) is 3.34. The maximum absolute atomic E-state index is 12.9. The Morgan fingerprint density at radius 2 is 2.15 bits per heavy atom. The van der Waals surface area contributed by atoms with Gasteiger partial charge in [-0.05, 0) is 24.5 Å². The first kappa shape index (κ1) is 19.9. The number of benzene rings is 1. The van der Waals surface area contributed by atoms with Crippen LogP contribution < -0.4 is 5.32 Å². The summed E-state index contributed by atoms with van der Waals surface area (Å²) in [5.41, 5.74) is -0.774. The van der Waals surface area contributed by atoms with Gasteiger partial charge in [-0.25, -0.2) is 0 Å². The first-order chi connectivity index (χ1) is 12.7. The van der Waals surface area contributed by atoms with Gasteiger partial charge in [-0.1, -0.05) is 24.6 Å². The highest BCUT2D eigenvalue weighted by Crippen LogP contribution is 2.39. The molecule has 3 rings (SSSR count). The van der Waals surface area contributed by atoms with E-state index in [2.05, 4.69) is 5.32 Å².